The number of benzene rings is 1. The third kappa shape index (κ3) is 1.92. The van der Waals surface area contributed by atoms with Crippen LogP contribution in [0.25, 0.3) is 0 Å². The highest BCUT2D eigenvalue weighted by atomic mass is 32.2. The zero-order chi connectivity index (χ0) is 10.8. The number of para-hydroxylation sites is 1. The van der Waals surface area contributed by atoms with Gasteiger partial charge in [-0.3, -0.25) is 9.69 Å². The van der Waals surface area contributed by atoms with Crippen molar-refractivity contribution in [3.8, 4) is 0 Å². The minimum absolute atomic E-state index is 0.00212. The largest absolute Gasteiger partial charge is 0.273 e. The van der Waals surface area contributed by atoms with Crippen LogP contribution in [0.4, 0.5) is 5.69 Å². The first-order valence-corrected chi connectivity index (χ1v) is 6.12. The van der Waals surface area contributed by atoms with Crippen LogP contribution < -0.4 is 4.90 Å². The number of hydrogen-bond acceptors (Lipinski definition) is 3. The zero-order valence-corrected chi connectivity index (χ0v) is 9.98. The highest BCUT2D eigenvalue weighted by molar-refractivity contribution is 8.25. The van der Waals surface area contributed by atoms with Gasteiger partial charge in [-0.25, -0.2) is 0 Å². The minimum atomic E-state index is -0.00212. The van der Waals surface area contributed by atoms with Crippen LogP contribution in [0, 0.1) is 0 Å². The normalized spacial score (nSPS) is 21.1. The lowest BCUT2D eigenvalue weighted by Gasteiger charge is -2.14. The Labute approximate surface area is 98.7 Å². The number of rotatable bonds is 2. The number of carbonyl (C=O) groups is 1. The molecule has 0 bridgehead atoms. The van der Waals surface area contributed by atoms with E-state index in [2.05, 4.69) is 0 Å². The van der Waals surface area contributed by atoms with Crippen LogP contribution in [0.1, 0.15) is 13.3 Å². The van der Waals surface area contributed by atoms with E-state index >= 15 is 0 Å². The molecule has 1 aromatic rings. The first-order chi connectivity index (χ1) is 7.24. The summed E-state index contributed by atoms with van der Waals surface area (Å²) in [5.74, 6) is 0.110. The molecule has 2 rings (SSSR count). The molecule has 78 valence electrons. The Morgan fingerprint density at radius 3 is 2.60 bits per heavy atom. The quantitative estimate of drug-likeness (QED) is 0.738. The Morgan fingerprint density at radius 1 is 1.40 bits per heavy atom. The van der Waals surface area contributed by atoms with E-state index < -0.39 is 0 Å². The van der Waals surface area contributed by atoms with E-state index in [-0.39, 0.29) is 11.2 Å². The van der Waals surface area contributed by atoms with Crippen LogP contribution in [0.3, 0.4) is 0 Å². The maximum Gasteiger partial charge on any atom is 0.246 e. The number of thiocarbonyl (C=S) groups is 1. The van der Waals surface area contributed by atoms with E-state index in [0.29, 0.717) is 4.32 Å². The monoisotopic (exact) mass is 237 g/mol. The third-order valence-corrected chi connectivity index (χ3v) is 3.98. The van der Waals surface area contributed by atoms with Gasteiger partial charge in [-0.05, 0) is 18.6 Å². The number of thioether (sulfide) groups is 1. The third-order valence-electron chi connectivity index (χ3n) is 2.31. The van der Waals surface area contributed by atoms with Crippen molar-refractivity contribution in [3.63, 3.8) is 0 Å². The average molecular weight is 237 g/mol. The Morgan fingerprint density at radius 2 is 2.07 bits per heavy atom. The summed E-state index contributed by atoms with van der Waals surface area (Å²) in [5, 5.41) is -0.00212. The van der Waals surface area contributed by atoms with Crippen molar-refractivity contribution in [3.05, 3.63) is 30.3 Å². The van der Waals surface area contributed by atoms with Gasteiger partial charge in [0, 0.05) is 0 Å². The van der Waals surface area contributed by atoms with Gasteiger partial charge in [-0.1, -0.05) is 49.1 Å². The van der Waals surface area contributed by atoms with Crippen molar-refractivity contribution in [2.24, 2.45) is 0 Å². The predicted octanol–water partition coefficient (Wildman–Crippen LogP) is 2.83. The van der Waals surface area contributed by atoms with Gasteiger partial charge in [-0.15, -0.1) is 0 Å². The highest BCUT2D eigenvalue weighted by Gasteiger charge is 2.36. The molecule has 4 heteroatoms. The van der Waals surface area contributed by atoms with Crippen LogP contribution in [0.15, 0.2) is 30.3 Å². The van der Waals surface area contributed by atoms with Gasteiger partial charge in [0.2, 0.25) is 5.91 Å². The van der Waals surface area contributed by atoms with Crippen LogP contribution in [-0.2, 0) is 4.79 Å². The fourth-order valence-electron chi connectivity index (χ4n) is 1.53. The summed E-state index contributed by atoms with van der Waals surface area (Å²) >= 11 is 6.70. The molecule has 0 aromatic heterocycles. The second-order valence-corrected chi connectivity index (χ2v) is 5.13. The number of hydrogen-bond donors (Lipinski definition) is 0. The van der Waals surface area contributed by atoms with Crippen LogP contribution in [-0.4, -0.2) is 15.5 Å². The molecule has 1 aromatic carbocycles. The zero-order valence-electron chi connectivity index (χ0n) is 8.34. The average Bonchev–Trinajstić information content (AvgIpc) is 2.55. The van der Waals surface area contributed by atoms with E-state index in [0.717, 1.165) is 12.1 Å². The van der Waals surface area contributed by atoms with Gasteiger partial charge in [0.25, 0.3) is 0 Å². The molecule has 0 spiro atoms. The summed E-state index contributed by atoms with van der Waals surface area (Å²) in [7, 11) is 0. The second kappa shape index (κ2) is 4.33. The second-order valence-electron chi connectivity index (χ2n) is 3.29. The Hall–Kier alpha value is -0.870. The lowest BCUT2D eigenvalue weighted by molar-refractivity contribution is -0.116. The van der Waals surface area contributed by atoms with Gasteiger partial charge >= 0.3 is 0 Å². The molecule has 1 unspecified atom stereocenters. The number of anilines is 1. The van der Waals surface area contributed by atoms with Gasteiger partial charge in [0.15, 0.2) is 0 Å². The molecule has 1 amide bonds. The lowest BCUT2D eigenvalue weighted by atomic mass is 10.2. The Kier molecular flexibility index (Phi) is 3.07. The maximum absolute atomic E-state index is 12.0. The van der Waals surface area contributed by atoms with Gasteiger partial charge < -0.3 is 0 Å². The summed E-state index contributed by atoms with van der Waals surface area (Å²) in [4.78, 5) is 13.6. The molecule has 15 heavy (non-hydrogen) atoms. The van der Waals surface area contributed by atoms with E-state index in [1.165, 1.54) is 11.8 Å². The molecule has 0 saturated carbocycles. The van der Waals surface area contributed by atoms with Crippen LogP contribution in [0.2, 0.25) is 0 Å². The molecular weight excluding hydrogens is 226 g/mol. The highest BCUT2D eigenvalue weighted by Crippen LogP contribution is 2.33. The molecule has 0 N–H and O–H groups in total. The SMILES string of the molecule is CCC1SC(=S)N(c2ccccc2)C1=O. The molecular formula is C11H11NOS2. The maximum atomic E-state index is 12.0. The summed E-state index contributed by atoms with van der Waals surface area (Å²) in [5.41, 5.74) is 0.871. The summed E-state index contributed by atoms with van der Waals surface area (Å²) in [6.45, 7) is 2.01. The molecule has 0 aliphatic carbocycles. The molecule has 0 radical (unpaired) electrons. The Bertz CT molecular complexity index is 391. The van der Waals surface area contributed by atoms with Crippen molar-refractivity contribution < 1.29 is 4.79 Å². The van der Waals surface area contributed by atoms with Gasteiger partial charge in [-0.2, -0.15) is 0 Å². The fourth-order valence-corrected chi connectivity index (χ4v) is 2.99. The molecule has 1 aliphatic heterocycles. The number of carbonyl (C=O) groups excluding carboxylic acids is 1. The Balaban J connectivity index is 2.31. The van der Waals surface area contributed by atoms with Crippen molar-refractivity contribution in [1.82, 2.24) is 0 Å². The predicted molar refractivity (Wildman–Crippen MR) is 68.2 cm³/mol. The van der Waals surface area contributed by atoms with Gasteiger partial charge in [0.1, 0.15) is 4.32 Å². The van der Waals surface area contributed by atoms with Crippen molar-refractivity contribution in [1.29, 1.82) is 0 Å². The number of nitrogens with zero attached hydrogens (tertiary/aromatic N) is 1. The molecule has 2 nitrogen and oxygen atoms in total. The van der Waals surface area contributed by atoms with Crippen molar-refractivity contribution in [2.75, 3.05) is 4.90 Å². The van der Waals surface area contributed by atoms with Crippen molar-refractivity contribution >= 4 is 39.9 Å². The topological polar surface area (TPSA) is 20.3 Å². The molecule has 1 saturated heterocycles. The minimum Gasteiger partial charge on any atom is -0.273 e. The number of amides is 1. The molecule has 1 aliphatic rings. The van der Waals surface area contributed by atoms with E-state index in [9.17, 15) is 4.79 Å². The summed E-state index contributed by atoms with van der Waals surface area (Å²) in [6.07, 6.45) is 0.826. The smallest absolute Gasteiger partial charge is 0.246 e. The van der Waals surface area contributed by atoms with Crippen molar-refractivity contribution in [2.45, 2.75) is 18.6 Å². The summed E-state index contributed by atoms with van der Waals surface area (Å²) in [6, 6.07) is 9.56. The van der Waals surface area contributed by atoms with E-state index in [4.69, 9.17) is 12.2 Å². The van der Waals surface area contributed by atoms with Gasteiger partial charge in [0.05, 0.1) is 10.9 Å². The van der Waals surface area contributed by atoms with Crippen LogP contribution in [0.5, 0.6) is 0 Å². The van der Waals surface area contributed by atoms with E-state index in [1.807, 2.05) is 37.3 Å². The fraction of sp³-hybridized carbons (Fsp3) is 0.273. The lowest BCUT2D eigenvalue weighted by Crippen LogP contribution is -2.30. The van der Waals surface area contributed by atoms with E-state index in [1.54, 1.807) is 4.90 Å². The molecule has 1 heterocycles. The first kappa shape index (κ1) is 10.6. The molecule has 1 fully saturated rings. The molecule has 1 atom stereocenters. The summed E-state index contributed by atoms with van der Waals surface area (Å²) < 4.78 is 0.665. The van der Waals surface area contributed by atoms with Crippen LogP contribution >= 0.6 is 24.0 Å². The first-order valence-electron chi connectivity index (χ1n) is 4.83. The standard InChI is InChI=1S/C11H11NOS2/c1-2-9-10(13)12(11(14)15-9)8-6-4-3-5-7-8/h3-7,9H,2H2,1H3.